The van der Waals surface area contributed by atoms with Crippen molar-refractivity contribution in [1.82, 2.24) is 5.43 Å². The maximum Gasteiger partial charge on any atom is 0.269 e. The van der Waals surface area contributed by atoms with Gasteiger partial charge in [0.05, 0.1) is 11.1 Å². The van der Waals surface area contributed by atoms with E-state index in [1.807, 2.05) is 30.3 Å². The summed E-state index contributed by atoms with van der Waals surface area (Å²) in [5.74, 6) is -0.420. The van der Waals surface area contributed by atoms with Crippen molar-refractivity contribution in [2.75, 3.05) is 6.61 Å². The van der Waals surface area contributed by atoms with Crippen LogP contribution in [0, 0.1) is 10.1 Å². The summed E-state index contributed by atoms with van der Waals surface area (Å²) in [7, 11) is 0. The zero-order valence-corrected chi connectivity index (χ0v) is 13.3. The average molecular weight is 339 g/mol. The molecule has 0 fully saturated rings. The van der Waals surface area contributed by atoms with Crippen molar-refractivity contribution in [3.8, 4) is 0 Å². The Labute approximate surface area is 144 Å². The highest BCUT2D eigenvalue weighted by atomic mass is 16.6. The largest absolute Gasteiger partial charge is 0.396 e. The number of rotatable bonds is 7. The van der Waals surface area contributed by atoms with E-state index in [4.69, 9.17) is 5.11 Å². The van der Waals surface area contributed by atoms with Crippen molar-refractivity contribution in [3.63, 3.8) is 0 Å². The molecule has 128 valence electrons. The summed E-state index contributed by atoms with van der Waals surface area (Å²) < 4.78 is 0. The maximum atomic E-state index is 12.2. The van der Waals surface area contributed by atoms with E-state index in [0.29, 0.717) is 11.1 Å². The number of amides is 1. The topological polar surface area (TPSA) is 105 Å². The number of hydrogen-bond acceptors (Lipinski definition) is 5. The summed E-state index contributed by atoms with van der Waals surface area (Å²) >= 11 is 0. The molecule has 1 amide bonds. The molecule has 25 heavy (non-hydrogen) atoms. The van der Waals surface area contributed by atoms with Crippen molar-refractivity contribution < 1.29 is 14.8 Å². The predicted molar refractivity (Wildman–Crippen MR) is 95.0 cm³/mol. The average Bonchev–Trinajstić information content (AvgIpc) is 2.62. The summed E-state index contributed by atoms with van der Waals surface area (Å²) in [4.78, 5) is 22.3. The molecular weight excluding hydrogens is 322 g/mol. The molecule has 0 bridgehead atoms. The number of aliphatic hydroxyl groups excluding tert-OH is 1. The highest BCUT2D eigenvalue weighted by molar-refractivity contribution is 5.98. The predicted octanol–water partition coefficient (Wildman–Crippen LogP) is 2.51. The standard InChI is InChI=1S/C18H17N3O4/c22-11-10-16(12-14-4-2-1-3-5-14)18(23)20-19-13-15-6-8-17(9-7-15)21(24)25/h1-9,12-13,22H,10-11H2,(H,20,23)/b16-12+,19-13+. The van der Waals surface area contributed by atoms with Gasteiger partial charge in [-0.1, -0.05) is 30.3 Å². The highest BCUT2D eigenvalue weighted by Gasteiger charge is 2.08. The number of hydrazone groups is 1. The Morgan fingerprint density at radius 1 is 1.12 bits per heavy atom. The second-order valence-electron chi connectivity index (χ2n) is 5.10. The number of hydrogen-bond donors (Lipinski definition) is 2. The first kappa shape index (κ1) is 18.0. The second kappa shape index (κ2) is 9.09. The smallest absolute Gasteiger partial charge is 0.269 e. The lowest BCUT2D eigenvalue weighted by molar-refractivity contribution is -0.384. The zero-order chi connectivity index (χ0) is 18.1. The lowest BCUT2D eigenvalue weighted by Crippen LogP contribution is -2.20. The number of aliphatic hydroxyl groups is 1. The summed E-state index contributed by atoms with van der Waals surface area (Å²) in [6.45, 7) is -0.155. The van der Waals surface area contributed by atoms with Crippen molar-refractivity contribution in [3.05, 3.63) is 81.4 Å². The first-order valence-corrected chi connectivity index (χ1v) is 7.54. The third-order valence-corrected chi connectivity index (χ3v) is 3.30. The molecule has 0 aliphatic rings. The van der Waals surface area contributed by atoms with E-state index in [2.05, 4.69) is 10.5 Å². The quantitative estimate of drug-likeness (QED) is 0.350. The van der Waals surface area contributed by atoms with Crippen LogP contribution in [0.1, 0.15) is 17.5 Å². The molecule has 0 unspecified atom stereocenters. The third kappa shape index (κ3) is 5.67. The zero-order valence-electron chi connectivity index (χ0n) is 13.3. The second-order valence-corrected chi connectivity index (χ2v) is 5.10. The molecule has 0 aromatic heterocycles. The van der Waals surface area contributed by atoms with Crippen LogP contribution in [0.2, 0.25) is 0 Å². The Morgan fingerprint density at radius 2 is 1.80 bits per heavy atom. The molecule has 0 saturated carbocycles. The molecule has 0 heterocycles. The summed E-state index contributed by atoms with van der Waals surface area (Å²) in [6.07, 6.45) is 3.28. The van der Waals surface area contributed by atoms with Crippen LogP contribution < -0.4 is 5.43 Å². The first-order chi connectivity index (χ1) is 12.1. The molecule has 2 aromatic rings. The van der Waals surface area contributed by atoms with Crippen LogP contribution in [-0.4, -0.2) is 28.8 Å². The van der Waals surface area contributed by atoms with Crippen molar-refractivity contribution in [2.45, 2.75) is 6.42 Å². The fourth-order valence-electron chi connectivity index (χ4n) is 2.04. The van der Waals surface area contributed by atoms with E-state index in [-0.39, 0.29) is 18.7 Å². The molecule has 2 aromatic carbocycles. The number of non-ortho nitro benzene ring substituents is 1. The molecule has 2 rings (SSSR count). The van der Waals surface area contributed by atoms with Crippen LogP contribution in [0.3, 0.4) is 0 Å². The Balaban J connectivity index is 2.03. The van der Waals surface area contributed by atoms with Crippen molar-refractivity contribution in [2.24, 2.45) is 5.10 Å². The molecule has 0 radical (unpaired) electrons. The molecule has 0 spiro atoms. The van der Waals surface area contributed by atoms with Gasteiger partial charge in [0.25, 0.3) is 11.6 Å². The molecule has 0 atom stereocenters. The lowest BCUT2D eigenvalue weighted by atomic mass is 10.1. The number of carbonyl (C=O) groups excluding carboxylic acids is 1. The SMILES string of the molecule is O=C(N/N=C/c1ccc([N+](=O)[O-])cc1)/C(=C/c1ccccc1)CCO. The molecular formula is C18H17N3O4. The van der Waals surface area contributed by atoms with Gasteiger partial charge >= 0.3 is 0 Å². The van der Waals surface area contributed by atoms with Gasteiger partial charge in [0.15, 0.2) is 0 Å². The normalized spacial score (nSPS) is 11.5. The first-order valence-electron chi connectivity index (χ1n) is 7.54. The minimum atomic E-state index is -0.488. The monoisotopic (exact) mass is 339 g/mol. The lowest BCUT2D eigenvalue weighted by Gasteiger charge is -2.04. The van der Waals surface area contributed by atoms with Crippen LogP contribution in [0.5, 0.6) is 0 Å². The number of carbonyl (C=O) groups is 1. The van der Waals surface area contributed by atoms with Gasteiger partial charge in [0.1, 0.15) is 0 Å². The third-order valence-electron chi connectivity index (χ3n) is 3.30. The van der Waals surface area contributed by atoms with Gasteiger partial charge in [-0.25, -0.2) is 5.43 Å². The fourth-order valence-corrected chi connectivity index (χ4v) is 2.04. The molecule has 0 aliphatic carbocycles. The van der Waals surface area contributed by atoms with Crippen LogP contribution >= 0.6 is 0 Å². The van der Waals surface area contributed by atoms with Crippen molar-refractivity contribution in [1.29, 1.82) is 0 Å². The Bertz CT molecular complexity index is 784. The number of nitrogens with zero attached hydrogens (tertiary/aromatic N) is 2. The minimum Gasteiger partial charge on any atom is -0.396 e. The van der Waals surface area contributed by atoms with Gasteiger partial charge in [0.2, 0.25) is 0 Å². The van der Waals surface area contributed by atoms with E-state index >= 15 is 0 Å². The van der Waals surface area contributed by atoms with Crippen LogP contribution in [-0.2, 0) is 4.79 Å². The van der Waals surface area contributed by atoms with E-state index in [1.165, 1.54) is 30.5 Å². The highest BCUT2D eigenvalue weighted by Crippen LogP contribution is 2.11. The van der Waals surface area contributed by atoms with Gasteiger partial charge < -0.3 is 5.11 Å². The van der Waals surface area contributed by atoms with Crippen molar-refractivity contribution >= 4 is 23.9 Å². The van der Waals surface area contributed by atoms with Gasteiger partial charge in [-0.2, -0.15) is 5.10 Å². The van der Waals surface area contributed by atoms with Crippen LogP contribution in [0.15, 0.2) is 65.3 Å². The van der Waals surface area contributed by atoms with E-state index in [0.717, 1.165) is 5.56 Å². The van der Waals surface area contributed by atoms with Gasteiger partial charge in [-0.05, 0) is 29.3 Å². The Morgan fingerprint density at radius 3 is 2.40 bits per heavy atom. The van der Waals surface area contributed by atoms with E-state index in [9.17, 15) is 14.9 Å². The summed E-state index contributed by atoms with van der Waals surface area (Å²) in [5.41, 5.74) is 4.23. The number of nitro benzene ring substituents is 1. The molecule has 7 nitrogen and oxygen atoms in total. The molecule has 0 aliphatic heterocycles. The van der Waals surface area contributed by atoms with Crippen LogP contribution in [0.25, 0.3) is 6.08 Å². The number of nitro groups is 1. The molecule has 2 N–H and O–H groups in total. The Hall–Kier alpha value is -3.32. The van der Waals surface area contributed by atoms with Gasteiger partial charge in [0, 0.05) is 30.7 Å². The number of benzene rings is 2. The van der Waals surface area contributed by atoms with Crippen LogP contribution in [0.4, 0.5) is 5.69 Å². The molecule has 0 saturated heterocycles. The summed E-state index contributed by atoms with van der Waals surface area (Å²) in [6, 6.07) is 15.1. The maximum absolute atomic E-state index is 12.2. The minimum absolute atomic E-state index is 0.0165. The fraction of sp³-hybridized carbons (Fsp3) is 0.111. The Kier molecular flexibility index (Phi) is 6.56. The molecule has 7 heteroatoms. The van der Waals surface area contributed by atoms with Gasteiger partial charge in [-0.3, -0.25) is 14.9 Å². The van der Waals surface area contributed by atoms with E-state index < -0.39 is 10.8 Å². The number of nitrogens with one attached hydrogen (secondary N) is 1. The summed E-state index contributed by atoms with van der Waals surface area (Å²) in [5, 5.41) is 23.6. The van der Waals surface area contributed by atoms with Gasteiger partial charge in [-0.15, -0.1) is 0 Å². The van der Waals surface area contributed by atoms with E-state index in [1.54, 1.807) is 6.08 Å².